The number of hydrogen-bond acceptors (Lipinski definition) is 2. The van der Waals surface area contributed by atoms with Crippen LogP contribution in [0.15, 0.2) is 30.3 Å². The van der Waals surface area contributed by atoms with Crippen molar-refractivity contribution in [3.05, 3.63) is 35.9 Å². The molecule has 0 amide bonds. The van der Waals surface area contributed by atoms with E-state index in [0.717, 1.165) is 26.0 Å². The molecule has 0 aromatic heterocycles. The standard InChI is InChI=1S/C18H31NO/c1-15(2)17(14-19-18(3,4)5)20-13-9-12-16-10-7-6-8-11-16/h6-8,10-11,15,17,19H,9,12-14H2,1-5H3. The second-order valence-electron chi connectivity index (χ2n) is 6.87. The van der Waals surface area contributed by atoms with Crippen LogP contribution in [0, 0.1) is 5.92 Å². The molecule has 0 fully saturated rings. The van der Waals surface area contributed by atoms with Crippen LogP contribution < -0.4 is 5.32 Å². The Hall–Kier alpha value is -0.860. The molecule has 1 rings (SSSR count). The summed E-state index contributed by atoms with van der Waals surface area (Å²) in [6.45, 7) is 12.8. The molecular formula is C18H31NO. The van der Waals surface area contributed by atoms with E-state index in [2.05, 4.69) is 70.3 Å². The summed E-state index contributed by atoms with van der Waals surface area (Å²) < 4.78 is 6.06. The zero-order chi connectivity index (χ0) is 15.0. The number of benzene rings is 1. The molecule has 2 nitrogen and oxygen atoms in total. The summed E-state index contributed by atoms with van der Waals surface area (Å²) in [6, 6.07) is 10.6. The van der Waals surface area contributed by atoms with Crippen molar-refractivity contribution >= 4 is 0 Å². The van der Waals surface area contributed by atoms with Gasteiger partial charge in [-0.05, 0) is 45.1 Å². The van der Waals surface area contributed by atoms with E-state index < -0.39 is 0 Å². The molecule has 0 bridgehead atoms. The normalized spacial score (nSPS) is 13.7. The van der Waals surface area contributed by atoms with Crippen LogP contribution in [-0.2, 0) is 11.2 Å². The van der Waals surface area contributed by atoms with E-state index in [1.165, 1.54) is 5.56 Å². The highest BCUT2D eigenvalue weighted by Gasteiger charge is 2.17. The number of ether oxygens (including phenoxy) is 1. The maximum atomic E-state index is 6.06. The number of hydrogen-bond donors (Lipinski definition) is 1. The molecule has 1 aromatic carbocycles. The van der Waals surface area contributed by atoms with Gasteiger partial charge in [0.05, 0.1) is 6.10 Å². The summed E-state index contributed by atoms with van der Waals surface area (Å²) >= 11 is 0. The van der Waals surface area contributed by atoms with Crippen LogP contribution in [0.5, 0.6) is 0 Å². The lowest BCUT2D eigenvalue weighted by atomic mass is 10.0. The molecular weight excluding hydrogens is 246 g/mol. The van der Waals surface area contributed by atoms with Crippen molar-refractivity contribution in [1.29, 1.82) is 0 Å². The van der Waals surface area contributed by atoms with E-state index >= 15 is 0 Å². The molecule has 0 radical (unpaired) electrons. The SMILES string of the molecule is CC(C)C(CNC(C)(C)C)OCCCc1ccccc1. The lowest BCUT2D eigenvalue weighted by molar-refractivity contribution is 0.0181. The molecule has 0 aliphatic heterocycles. The van der Waals surface area contributed by atoms with Crippen LogP contribution in [0.25, 0.3) is 0 Å². The summed E-state index contributed by atoms with van der Waals surface area (Å²) in [5.74, 6) is 0.543. The fourth-order valence-corrected chi connectivity index (χ4v) is 2.05. The molecule has 0 saturated carbocycles. The van der Waals surface area contributed by atoms with E-state index in [1.54, 1.807) is 0 Å². The van der Waals surface area contributed by atoms with Gasteiger partial charge in [-0.15, -0.1) is 0 Å². The Morgan fingerprint density at radius 1 is 1.10 bits per heavy atom. The van der Waals surface area contributed by atoms with Crippen molar-refractivity contribution in [1.82, 2.24) is 5.32 Å². The van der Waals surface area contributed by atoms with Gasteiger partial charge in [0.25, 0.3) is 0 Å². The minimum atomic E-state index is 0.153. The third-order valence-corrected chi connectivity index (χ3v) is 3.36. The summed E-state index contributed by atoms with van der Waals surface area (Å²) in [5, 5.41) is 3.54. The quantitative estimate of drug-likeness (QED) is 0.724. The Kier molecular flexibility index (Phi) is 7.25. The summed E-state index contributed by atoms with van der Waals surface area (Å²) in [6.07, 6.45) is 2.48. The van der Waals surface area contributed by atoms with Gasteiger partial charge in [-0.25, -0.2) is 0 Å². The van der Waals surface area contributed by atoms with E-state index in [-0.39, 0.29) is 5.54 Å². The van der Waals surface area contributed by atoms with Gasteiger partial charge in [-0.3, -0.25) is 0 Å². The lowest BCUT2D eigenvalue weighted by Gasteiger charge is -2.27. The second kappa shape index (κ2) is 8.43. The first kappa shape index (κ1) is 17.2. The van der Waals surface area contributed by atoms with Crippen molar-refractivity contribution in [2.75, 3.05) is 13.2 Å². The van der Waals surface area contributed by atoms with Gasteiger partial charge in [-0.2, -0.15) is 0 Å². The fraction of sp³-hybridized carbons (Fsp3) is 0.667. The molecule has 1 aromatic rings. The molecule has 1 N–H and O–H groups in total. The molecule has 1 unspecified atom stereocenters. The van der Waals surface area contributed by atoms with Gasteiger partial charge in [0.15, 0.2) is 0 Å². The first-order valence-corrected chi connectivity index (χ1v) is 7.79. The molecule has 2 heteroatoms. The van der Waals surface area contributed by atoms with Crippen LogP contribution in [0.4, 0.5) is 0 Å². The van der Waals surface area contributed by atoms with Crippen LogP contribution >= 0.6 is 0 Å². The average Bonchev–Trinajstić information content (AvgIpc) is 2.37. The van der Waals surface area contributed by atoms with Gasteiger partial charge in [-0.1, -0.05) is 44.2 Å². The van der Waals surface area contributed by atoms with Gasteiger partial charge < -0.3 is 10.1 Å². The highest BCUT2D eigenvalue weighted by atomic mass is 16.5. The predicted octanol–water partition coefficient (Wildman–Crippen LogP) is 4.05. The number of rotatable bonds is 8. The molecule has 0 saturated heterocycles. The molecule has 0 spiro atoms. The predicted molar refractivity (Wildman–Crippen MR) is 87.1 cm³/mol. The minimum absolute atomic E-state index is 0.153. The Labute approximate surface area is 124 Å². The molecule has 0 heterocycles. The van der Waals surface area contributed by atoms with Crippen molar-refractivity contribution in [3.8, 4) is 0 Å². The fourth-order valence-electron chi connectivity index (χ4n) is 2.05. The minimum Gasteiger partial charge on any atom is -0.377 e. The van der Waals surface area contributed by atoms with Gasteiger partial charge >= 0.3 is 0 Å². The highest BCUT2D eigenvalue weighted by molar-refractivity contribution is 5.14. The van der Waals surface area contributed by atoms with E-state index in [1.807, 2.05) is 0 Å². The summed E-state index contributed by atoms with van der Waals surface area (Å²) in [4.78, 5) is 0. The number of nitrogens with one attached hydrogen (secondary N) is 1. The highest BCUT2D eigenvalue weighted by Crippen LogP contribution is 2.10. The third kappa shape index (κ3) is 7.66. The molecule has 0 aliphatic carbocycles. The molecule has 1 atom stereocenters. The Bertz CT molecular complexity index is 353. The van der Waals surface area contributed by atoms with E-state index in [0.29, 0.717) is 12.0 Å². The van der Waals surface area contributed by atoms with E-state index in [4.69, 9.17) is 4.74 Å². The van der Waals surface area contributed by atoms with Crippen molar-refractivity contribution in [2.24, 2.45) is 5.92 Å². The van der Waals surface area contributed by atoms with Gasteiger partial charge in [0, 0.05) is 18.7 Å². The van der Waals surface area contributed by atoms with Crippen LogP contribution in [0.1, 0.15) is 46.6 Å². The second-order valence-corrected chi connectivity index (χ2v) is 6.87. The largest absolute Gasteiger partial charge is 0.377 e. The zero-order valence-corrected chi connectivity index (χ0v) is 13.8. The van der Waals surface area contributed by atoms with Crippen LogP contribution in [0.2, 0.25) is 0 Å². The maximum Gasteiger partial charge on any atom is 0.0722 e. The smallest absolute Gasteiger partial charge is 0.0722 e. The van der Waals surface area contributed by atoms with Crippen LogP contribution in [-0.4, -0.2) is 24.8 Å². The van der Waals surface area contributed by atoms with Gasteiger partial charge in [0.2, 0.25) is 0 Å². The summed E-state index contributed by atoms with van der Waals surface area (Å²) in [7, 11) is 0. The van der Waals surface area contributed by atoms with Crippen LogP contribution in [0.3, 0.4) is 0 Å². The Morgan fingerprint density at radius 2 is 1.75 bits per heavy atom. The Balaban J connectivity index is 2.25. The van der Waals surface area contributed by atoms with Crippen molar-refractivity contribution in [2.45, 2.75) is 59.1 Å². The zero-order valence-electron chi connectivity index (χ0n) is 13.8. The van der Waals surface area contributed by atoms with Gasteiger partial charge in [0.1, 0.15) is 0 Å². The lowest BCUT2D eigenvalue weighted by Crippen LogP contribution is -2.43. The topological polar surface area (TPSA) is 21.3 Å². The average molecular weight is 277 g/mol. The first-order valence-electron chi connectivity index (χ1n) is 7.79. The molecule has 20 heavy (non-hydrogen) atoms. The summed E-state index contributed by atoms with van der Waals surface area (Å²) in [5.41, 5.74) is 1.55. The van der Waals surface area contributed by atoms with Crippen molar-refractivity contribution in [3.63, 3.8) is 0 Å². The first-order chi connectivity index (χ1) is 9.38. The molecule has 0 aliphatic rings. The maximum absolute atomic E-state index is 6.06. The van der Waals surface area contributed by atoms with Crippen molar-refractivity contribution < 1.29 is 4.74 Å². The Morgan fingerprint density at radius 3 is 2.30 bits per heavy atom. The van der Waals surface area contributed by atoms with E-state index in [9.17, 15) is 0 Å². The number of aryl methyl sites for hydroxylation is 1. The molecule has 114 valence electrons. The third-order valence-electron chi connectivity index (χ3n) is 3.36. The monoisotopic (exact) mass is 277 g/mol.